The Morgan fingerprint density at radius 3 is 3.00 bits per heavy atom. The van der Waals surface area contributed by atoms with Crippen molar-refractivity contribution in [3.05, 3.63) is 35.1 Å². The maximum atomic E-state index is 13.2. The van der Waals surface area contributed by atoms with Crippen LogP contribution in [0.25, 0.3) is 0 Å². The molecule has 1 amide bonds. The van der Waals surface area contributed by atoms with Gasteiger partial charge in [-0.2, -0.15) is 0 Å². The molecule has 0 saturated carbocycles. The van der Waals surface area contributed by atoms with E-state index in [1.807, 2.05) is 6.07 Å². The highest BCUT2D eigenvalue weighted by Crippen LogP contribution is 2.30. The molecule has 1 saturated heterocycles. The Balaban J connectivity index is 1.74. The largest absolute Gasteiger partial charge is 0.348 e. The number of halogens is 1. The summed E-state index contributed by atoms with van der Waals surface area (Å²) in [6.45, 7) is 0.921. The van der Waals surface area contributed by atoms with Crippen molar-refractivity contribution >= 4 is 5.91 Å². The normalized spacial score (nSPS) is 25.9. The van der Waals surface area contributed by atoms with E-state index in [1.54, 1.807) is 6.07 Å². The number of amides is 1. The average Bonchev–Trinajstić information content (AvgIpc) is 2.92. The van der Waals surface area contributed by atoms with Crippen LogP contribution in [0.5, 0.6) is 0 Å². The molecule has 2 atom stereocenters. The van der Waals surface area contributed by atoms with Crippen molar-refractivity contribution in [1.82, 2.24) is 10.6 Å². The van der Waals surface area contributed by atoms with Gasteiger partial charge in [0.1, 0.15) is 5.82 Å². The Bertz CT molecular complexity index is 483. The number of rotatable bonds is 2. The minimum absolute atomic E-state index is 0.0410. The first kappa shape index (κ1) is 12.6. The molecular formula is C15H19FN2O. The molecule has 2 N–H and O–H groups in total. The predicted molar refractivity (Wildman–Crippen MR) is 71.2 cm³/mol. The first-order valence-corrected chi connectivity index (χ1v) is 7.06. The lowest BCUT2D eigenvalue weighted by Gasteiger charge is -2.27. The molecule has 3 rings (SSSR count). The van der Waals surface area contributed by atoms with Crippen LogP contribution in [0.1, 0.15) is 42.9 Å². The summed E-state index contributed by atoms with van der Waals surface area (Å²) >= 11 is 0. The Labute approximate surface area is 112 Å². The molecule has 0 unspecified atom stereocenters. The van der Waals surface area contributed by atoms with Gasteiger partial charge in [0.15, 0.2) is 0 Å². The zero-order valence-electron chi connectivity index (χ0n) is 10.9. The SMILES string of the molecule is O=C(N[C@@H]1CCCc2cc(F)ccc21)[C@H]1CCCN1. The summed E-state index contributed by atoms with van der Waals surface area (Å²) in [7, 11) is 0. The summed E-state index contributed by atoms with van der Waals surface area (Å²) in [6, 6.07) is 4.89. The second-order valence-electron chi connectivity index (χ2n) is 5.45. The van der Waals surface area contributed by atoms with E-state index in [9.17, 15) is 9.18 Å². The maximum absolute atomic E-state index is 13.2. The molecule has 19 heavy (non-hydrogen) atoms. The van der Waals surface area contributed by atoms with Crippen LogP contribution < -0.4 is 10.6 Å². The smallest absolute Gasteiger partial charge is 0.237 e. The third kappa shape index (κ3) is 2.63. The molecule has 1 aromatic carbocycles. The number of carbonyl (C=O) groups is 1. The van der Waals surface area contributed by atoms with Crippen molar-refractivity contribution in [3.63, 3.8) is 0 Å². The molecule has 1 aliphatic heterocycles. The maximum Gasteiger partial charge on any atom is 0.237 e. The molecular weight excluding hydrogens is 243 g/mol. The molecule has 0 spiro atoms. The molecule has 0 bridgehead atoms. The lowest BCUT2D eigenvalue weighted by Crippen LogP contribution is -2.42. The van der Waals surface area contributed by atoms with Crippen LogP contribution in [-0.4, -0.2) is 18.5 Å². The summed E-state index contributed by atoms with van der Waals surface area (Å²) in [4.78, 5) is 12.1. The van der Waals surface area contributed by atoms with Gasteiger partial charge in [-0.3, -0.25) is 4.79 Å². The van der Waals surface area contributed by atoms with E-state index in [0.717, 1.165) is 49.8 Å². The molecule has 0 aromatic heterocycles. The summed E-state index contributed by atoms with van der Waals surface area (Å²) in [6.07, 6.45) is 4.82. The lowest BCUT2D eigenvalue weighted by molar-refractivity contribution is -0.123. The number of hydrogen-bond acceptors (Lipinski definition) is 2. The van der Waals surface area contributed by atoms with Gasteiger partial charge in [0, 0.05) is 0 Å². The number of carbonyl (C=O) groups excluding carboxylic acids is 1. The molecule has 3 nitrogen and oxygen atoms in total. The molecule has 4 heteroatoms. The van der Waals surface area contributed by atoms with Gasteiger partial charge in [0.25, 0.3) is 0 Å². The fourth-order valence-electron chi connectivity index (χ4n) is 3.11. The van der Waals surface area contributed by atoms with Gasteiger partial charge in [0.2, 0.25) is 5.91 Å². The highest BCUT2D eigenvalue weighted by atomic mass is 19.1. The summed E-state index contributed by atoms with van der Waals surface area (Å²) < 4.78 is 13.2. The Kier molecular flexibility index (Phi) is 3.51. The van der Waals surface area contributed by atoms with Crippen molar-refractivity contribution in [2.75, 3.05) is 6.54 Å². The number of aryl methyl sites for hydroxylation is 1. The van der Waals surface area contributed by atoms with E-state index in [2.05, 4.69) is 10.6 Å². The van der Waals surface area contributed by atoms with Crippen LogP contribution in [0, 0.1) is 5.82 Å². The number of benzene rings is 1. The fraction of sp³-hybridized carbons (Fsp3) is 0.533. The second-order valence-corrected chi connectivity index (χ2v) is 5.45. The summed E-state index contributed by atoms with van der Waals surface area (Å²) in [5, 5.41) is 6.32. The quantitative estimate of drug-likeness (QED) is 0.856. The topological polar surface area (TPSA) is 41.1 Å². The van der Waals surface area contributed by atoms with Crippen LogP contribution in [0.2, 0.25) is 0 Å². The van der Waals surface area contributed by atoms with Crippen molar-refractivity contribution in [2.45, 2.75) is 44.2 Å². The molecule has 102 valence electrons. The van der Waals surface area contributed by atoms with Crippen molar-refractivity contribution in [2.24, 2.45) is 0 Å². The highest BCUT2D eigenvalue weighted by molar-refractivity contribution is 5.82. The summed E-state index contributed by atoms with van der Waals surface area (Å²) in [5.41, 5.74) is 2.12. The van der Waals surface area contributed by atoms with Crippen LogP contribution in [0.4, 0.5) is 4.39 Å². The minimum atomic E-state index is -0.191. The van der Waals surface area contributed by atoms with Crippen LogP contribution in [0.3, 0.4) is 0 Å². The van der Waals surface area contributed by atoms with Crippen molar-refractivity contribution in [3.8, 4) is 0 Å². The van der Waals surface area contributed by atoms with Crippen LogP contribution in [-0.2, 0) is 11.2 Å². The second kappa shape index (κ2) is 5.29. The van der Waals surface area contributed by atoms with E-state index in [0.29, 0.717) is 0 Å². The molecule has 1 aromatic rings. The molecule has 0 radical (unpaired) electrons. The standard InChI is InChI=1S/C15H19FN2O/c16-11-6-7-12-10(9-11)3-1-4-13(12)18-15(19)14-5-2-8-17-14/h6-7,9,13-14,17H,1-5,8H2,(H,18,19)/t13-,14-/m1/s1. The Morgan fingerprint density at radius 1 is 1.32 bits per heavy atom. The Morgan fingerprint density at radius 2 is 2.21 bits per heavy atom. The van der Waals surface area contributed by atoms with Crippen molar-refractivity contribution in [1.29, 1.82) is 0 Å². The molecule has 1 fully saturated rings. The van der Waals surface area contributed by atoms with E-state index in [4.69, 9.17) is 0 Å². The molecule has 1 heterocycles. The molecule has 1 aliphatic carbocycles. The van der Waals surface area contributed by atoms with E-state index < -0.39 is 0 Å². The zero-order valence-corrected chi connectivity index (χ0v) is 10.9. The minimum Gasteiger partial charge on any atom is -0.348 e. The number of nitrogens with one attached hydrogen (secondary N) is 2. The number of hydrogen-bond donors (Lipinski definition) is 2. The predicted octanol–water partition coefficient (Wildman–Crippen LogP) is 2.07. The lowest BCUT2D eigenvalue weighted by atomic mass is 9.87. The van der Waals surface area contributed by atoms with E-state index in [-0.39, 0.29) is 23.8 Å². The van der Waals surface area contributed by atoms with Gasteiger partial charge in [-0.05, 0) is 61.9 Å². The van der Waals surface area contributed by atoms with Gasteiger partial charge in [-0.25, -0.2) is 4.39 Å². The van der Waals surface area contributed by atoms with E-state index >= 15 is 0 Å². The van der Waals surface area contributed by atoms with Crippen LogP contribution >= 0.6 is 0 Å². The van der Waals surface area contributed by atoms with Crippen molar-refractivity contribution < 1.29 is 9.18 Å². The van der Waals surface area contributed by atoms with Gasteiger partial charge in [-0.15, -0.1) is 0 Å². The Hall–Kier alpha value is -1.42. The third-order valence-corrected chi connectivity index (χ3v) is 4.11. The van der Waals surface area contributed by atoms with Gasteiger partial charge < -0.3 is 10.6 Å². The van der Waals surface area contributed by atoms with E-state index in [1.165, 1.54) is 6.07 Å². The van der Waals surface area contributed by atoms with Crippen LogP contribution in [0.15, 0.2) is 18.2 Å². The summed E-state index contributed by atoms with van der Waals surface area (Å²) in [5.74, 6) is -0.108. The van der Waals surface area contributed by atoms with Gasteiger partial charge in [-0.1, -0.05) is 6.07 Å². The first-order valence-electron chi connectivity index (χ1n) is 7.06. The monoisotopic (exact) mass is 262 g/mol. The first-order chi connectivity index (χ1) is 9.24. The fourth-order valence-corrected chi connectivity index (χ4v) is 3.11. The van der Waals surface area contributed by atoms with Gasteiger partial charge in [0.05, 0.1) is 12.1 Å². The van der Waals surface area contributed by atoms with Gasteiger partial charge >= 0.3 is 0 Å². The average molecular weight is 262 g/mol. The number of fused-ring (bicyclic) bond motifs is 1. The zero-order chi connectivity index (χ0) is 13.2. The molecule has 2 aliphatic rings. The highest BCUT2D eigenvalue weighted by Gasteiger charge is 2.27. The third-order valence-electron chi connectivity index (χ3n) is 4.11.